The number of nitrogens with one attached hydrogen (secondary N) is 1. The van der Waals surface area contributed by atoms with Crippen molar-refractivity contribution in [2.75, 3.05) is 11.9 Å². The molecule has 0 aromatic heterocycles. The van der Waals surface area contributed by atoms with Crippen LogP contribution in [0.5, 0.6) is 0 Å². The fourth-order valence-electron chi connectivity index (χ4n) is 1.99. The van der Waals surface area contributed by atoms with E-state index in [9.17, 15) is 4.79 Å². The van der Waals surface area contributed by atoms with E-state index in [-0.39, 0.29) is 5.91 Å². The smallest absolute Gasteiger partial charge is 0.255 e. The predicted octanol–water partition coefficient (Wildman–Crippen LogP) is 4.27. The molecule has 3 nitrogen and oxygen atoms in total. The van der Waals surface area contributed by atoms with Crippen molar-refractivity contribution < 1.29 is 4.79 Å². The van der Waals surface area contributed by atoms with Crippen molar-refractivity contribution in [3.8, 4) is 0 Å². The number of benzene rings is 2. The molecular weight excluding hydrogens is 396 g/mol. The molecule has 0 heterocycles. The van der Waals surface area contributed by atoms with Gasteiger partial charge >= 0.3 is 0 Å². The fraction of sp³-hybridized carbons (Fsp3) is 0.188. The van der Waals surface area contributed by atoms with Crippen LogP contribution in [-0.2, 0) is 6.42 Å². The van der Waals surface area contributed by atoms with Gasteiger partial charge in [-0.3, -0.25) is 4.79 Å². The normalized spacial score (nSPS) is 10.5. The lowest BCUT2D eigenvalue weighted by Gasteiger charge is -2.11. The molecule has 0 saturated heterocycles. The standard InChI is InChI=1S/C16H16Br2N2O/c1-10-8-13(17)15(14(18)9-10)20-16(21)12-4-2-11(3-5-12)6-7-19/h2-5,8-9H,6-7,19H2,1H3,(H,20,21). The maximum Gasteiger partial charge on any atom is 0.255 e. The maximum atomic E-state index is 12.3. The largest absolute Gasteiger partial charge is 0.330 e. The van der Waals surface area contributed by atoms with Crippen LogP contribution < -0.4 is 11.1 Å². The Morgan fingerprint density at radius 2 is 1.71 bits per heavy atom. The molecule has 2 aromatic carbocycles. The summed E-state index contributed by atoms with van der Waals surface area (Å²) < 4.78 is 1.70. The van der Waals surface area contributed by atoms with Gasteiger partial charge < -0.3 is 11.1 Å². The van der Waals surface area contributed by atoms with Gasteiger partial charge in [0.2, 0.25) is 0 Å². The average molecular weight is 412 g/mol. The van der Waals surface area contributed by atoms with Crippen LogP contribution in [0.15, 0.2) is 45.3 Å². The van der Waals surface area contributed by atoms with Gasteiger partial charge in [-0.1, -0.05) is 12.1 Å². The van der Waals surface area contributed by atoms with Crippen molar-refractivity contribution in [1.29, 1.82) is 0 Å². The molecule has 0 unspecified atom stereocenters. The predicted molar refractivity (Wildman–Crippen MR) is 93.7 cm³/mol. The second kappa shape index (κ2) is 7.20. The number of halogens is 2. The number of carbonyl (C=O) groups is 1. The summed E-state index contributed by atoms with van der Waals surface area (Å²) in [6.45, 7) is 2.60. The summed E-state index contributed by atoms with van der Waals surface area (Å²) in [4.78, 5) is 12.3. The van der Waals surface area contributed by atoms with Gasteiger partial charge in [-0.25, -0.2) is 0 Å². The van der Waals surface area contributed by atoms with Crippen LogP contribution in [-0.4, -0.2) is 12.5 Å². The molecule has 0 bridgehead atoms. The van der Waals surface area contributed by atoms with Crippen molar-refractivity contribution in [3.05, 3.63) is 62.0 Å². The van der Waals surface area contributed by atoms with Gasteiger partial charge in [-0.15, -0.1) is 0 Å². The summed E-state index contributed by atoms with van der Waals surface area (Å²) in [5.41, 5.74) is 9.11. The third-order valence-electron chi connectivity index (χ3n) is 3.07. The van der Waals surface area contributed by atoms with Gasteiger partial charge in [0.1, 0.15) is 0 Å². The Morgan fingerprint density at radius 1 is 1.14 bits per heavy atom. The first kappa shape index (κ1) is 16.2. The number of anilines is 1. The van der Waals surface area contributed by atoms with Crippen molar-refractivity contribution >= 4 is 43.5 Å². The number of nitrogens with two attached hydrogens (primary N) is 1. The first-order valence-corrected chi connectivity index (χ1v) is 8.16. The van der Waals surface area contributed by atoms with E-state index in [4.69, 9.17) is 5.73 Å². The molecule has 0 saturated carbocycles. The third kappa shape index (κ3) is 4.15. The lowest BCUT2D eigenvalue weighted by Crippen LogP contribution is -2.13. The molecule has 0 aliphatic heterocycles. The maximum absolute atomic E-state index is 12.3. The summed E-state index contributed by atoms with van der Waals surface area (Å²) in [5.74, 6) is -0.139. The molecule has 110 valence electrons. The van der Waals surface area contributed by atoms with Crippen molar-refractivity contribution in [3.63, 3.8) is 0 Å². The molecule has 2 aromatic rings. The van der Waals surface area contributed by atoms with Crippen LogP contribution in [0.4, 0.5) is 5.69 Å². The Bertz CT molecular complexity index is 631. The van der Waals surface area contributed by atoms with Crippen LogP contribution in [0.3, 0.4) is 0 Å². The summed E-state index contributed by atoms with van der Waals surface area (Å²) in [6, 6.07) is 11.4. The highest BCUT2D eigenvalue weighted by Crippen LogP contribution is 2.32. The Labute approximate surface area is 141 Å². The minimum absolute atomic E-state index is 0.139. The lowest BCUT2D eigenvalue weighted by molar-refractivity contribution is 0.102. The summed E-state index contributed by atoms with van der Waals surface area (Å²) in [5, 5.41) is 2.92. The molecule has 0 spiro atoms. The quantitative estimate of drug-likeness (QED) is 0.788. The molecule has 3 N–H and O–H groups in total. The molecule has 0 aliphatic rings. The highest BCUT2D eigenvalue weighted by Gasteiger charge is 2.11. The zero-order chi connectivity index (χ0) is 15.4. The SMILES string of the molecule is Cc1cc(Br)c(NC(=O)c2ccc(CCN)cc2)c(Br)c1. The van der Waals surface area contributed by atoms with Gasteiger partial charge in [0.15, 0.2) is 0 Å². The number of hydrogen-bond acceptors (Lipinski definition) is 2. The minimum atomic E-state index is -0.139. The first-order valence-electron chi connectivity index (χ1n) is 6.57. The van der Waals surface area contributed by atoms with Crippen LogP contribution >= 0.6 is 31.9 Å². The second-order valence-corrected chi connectivity index (χ2v) is 6.50. The monoisotopic (exact) mass is 410 g/mol. The van der Waals surface area contributed by atoms with E-state index in [1.807, 2.05) is 43.3 Å². The van der Waals surface area contributed by atoms with Crippen molar-refractivity contribution in [2.24, 2.45) is 5.73 Å². The molecule has 0 fully saturated rings. The molecule has 0 aliphatic carbocycles. The Kier molecular flexibility index (Phi) is 5.56. The number of amides is 1. The number of aryl methyl sites for hydroxylation is 1. The van der Waals surface area contributed by atoms with Gasteiger partial charge in [-0.05, 0) is 87.1 Å². The molecule has 21 heavy (non-hydrogen) atoms. The van der Waals surface area contributed by atoms with E-state index >= 15 is 0 Å². The van der Waals surface area contributed by atoms with Crippen LogP contribution in [0.2, 0.25) is 0 Å². The Hall–Kier alpha value is -1.17. The number of carbonyl (C=O) groups excluding carboxylic acids is 1. The first-order chi connectivity index (χ1) is 10.0. The van der Waals surface area contributed by atoms with Gasteiger partial charge in [0.25, 0.3) is 5.91 Å². The Morgan fingerprint density at radius 3 is 2.24 bits per heavy atom. The zero-order valence-corrected chi connectivity index (χ0v) is 14.8. The highest BCUT2D eigenvalue weighted by atomic mass is 79.9. The number of rotatable bonds is 4. The van der Waals surface area contributed by atoms with E-state index in [2.05, 4.69) is 37.2 Å². The fourth-order valence-corrected chi connectivity index (χ4v) is 3.61. The van der Waals surface area contributed by atoms with Crippen molar-refractivity contribution in [1.82, 2.24) is 0 Å². The summed E-state index contributed by atoms with van der Waals surface area (Å²) in [7, 11) is 0. The lowest BCUT2D eigenvalue weighted by atomic mass is 10.1. The summed E-state index contributed by atoms with van der Waals surface area (Å²) in [6.07, 6.45) is 0.816. The Balaban J connectivity index is 2.18. The van der Waals surface area contributed by atoms with E-state index in [1.165, 1.54) is 0 Å². The number of hydrogen-bond donors (Lipinski definition) is 2. The minimum Gasteiger partial charge on any atom is -0.330 e. The topological polar surface area (TPSA) is 55.1 Å². The third-order valence-corrected chi connectivity index (χ3v) is 4.32. The molecule has 0 atom stereocenters. The van der Waals surface area contributed by atoms with Crippen LogP contribution in [0, 0.1) is 6.92 Å². The van der Waals surface area contributed by atoms with E-state index in [1.54, 1.807) is 0 Å². The van der Waals surface area contributed by atoms with Gasteiger partial charge in [-0.2, -0.15) is 0 Å². The highest BCUT2D eigenvalue weighted by molar-refractivity contribution is 9.11. The average Bonchev–Trinajstić information content (AvgIpc) is 2.43. The zero-order valence-electron chi connectivity index (χ0n) is 11.6. The molecule has 0 radical (unpaired) electrons. The van der Waals surface area contributed by atoms with E-state index in [0.29, 0.717) is 12.1 Å². The van der Waals surface area contributed by atoms with Crippen molar-refractivity contribution in [2.45, 2.75) is 13.3 Å². The van der Waals surface area contributed by atoms with E-state index in [0.717, 1.165) is 32.2 Å². The van der Waals surface area contributed by atoms with Gasteiger partial charge in [0.05, 0.1) is 5.69 Å². The van der Waals surface area contributed by atoms with Crippen LogP contribution in [0.25, 0.3) is 0 Å². The van der Waals surface area contributed by atoms with Crippen LogP contribution in [0.1, 0.15) is 21.5 Å². The summed E-state index contributed by atoms with van der Waals surface area (Å²) >= 11 is 6.95. The second-order valence-electron chi connectivity index (χ2n) is 4.79. The molecule has 2 rings (SSSR count). The molecular formula is C16H16Br2N2O. The molecule has 5 heteroatoms. The molecule has 1 amide bonds. The van der Waals surface area contributed by atoms with Gasteiger partial charge in [0, 0.05) is 14.5 Å². The van der Waals surface area contributed by atoms with E-state index < -0.39 is 0 Å².